The lowest BCUT2D eigenvalue weighted by atomic mass is 9.94. The molecule has 1 unspecified atom stereocenters. The summed E-state index contributed by atoms with van der Waals surface area (Å²) in [5.74, 6) is 1.16. The van der Waals surface area contributed by atoms with E-state index in [2.05, 4.69) is 13.8 Å². The molecular formula is C19H25N3O. The first-order valence-electron chi connectivity index (χ1n) is 8.50. The topological polar surface area (TPSA) is 60.9 Å². The summed E-state index contributed by atoms with van der Waals surface area (Å²) < 4.78 is 1.86. The molecule has 4 heteroatoms. The van der Waals surface area contributed by atoms with Crippen molar-refractivity contribution in [1.29, 1.82) is 0 Å². The first kappa shape index (κ1) is 15.9. The zero-order chi connectivity index (χ0) is 16.4. The van der Waals surface area contributed by atoms with Crippen LogP contribution in [0.15, 0.2) is 35.1 Å². The summed E-state index contributed by atoms with van der Waals surface area (Å²) in [7, 11) is 0. The maximum atomic E-state index is 13.0. The largest absolute Gasteiger partial charge is 0.322 e. The Morgan fingerprint density at radius 2 is 1.96 bits per heavy atom. The molecule has 0 bridgehead atoms. The summed E-state index contributed by atoms with van der Waals surface area (Å²) in [5.41, 5.74) is 9.17. The Kier molecular flexibility index (Phi) is 4.62. The minimum atomic E-state index is -0.200. The van der Waals surface area contributed by atoms with Crippen LogP contribution in [0.4, 0.5) is 0 Å². The zero-order valence-electron chi connectivity index (χ0n) is 14.0. The second kappa shape index (κ2) is 6.67. The van der Waals surface area contributed by atoms with Gasteiger partial charge in [-0.2, -0.15) is 0 Å². The second-order valence-corrected chi connectivity index (χ2v) is 6.74. The third kappa shape index (κ3) is 3.22. The standard InChI is InChI=1S/C19H25N3O/c1-13(2)17(20)18-15(12-14-8-4-3-5-9-14)19(23)22-11-7-6-10-16(22)21-18/h3-5,8-9,13,17H,6-7,10-12,20H2,1-2H3. The lowest BCUT2D eigenvalue weighted by Gasteiger charge is -2.24. The molecular weight excluding hydrogens is 286 g/mol. The summed E-state index contributed by atoms with van der Waals surface area (Å²) in [6.45, 7) is 4.94. The van der Waals surface area contributed by atoms with Crippen molar-refractivity contribution >= 4 is 0 Å². The van der Waals surface area contributed by atoms with Crippen LogP contribution in [0.5, 0.6) is 0 Å². The molecule has 122 valence electrons. The van der Waals surface area contributed by atoms with E-state index < -0.39 is 0 Å². The number of benzene rings is 1. The van der Waals surface area contributed by atoms with Crippen molar-refractivity contribution in [3.63, 3.8) is 0 Å². The van der Waals surface area contributed by atoms with Crippen LogP contribution < -0.4 is 11.3 Å². The van der Waals surface area contributed by atoms with E-state index >= 15 is 0 Å². The fourth-order valence-corrected chi connectivity index (χ4v) is 3.19. The van der Waals surface area contributed by atoms with Gasteiger partial charge in [0.1, 0.15) is 5.82 Å². The number of nitrogens with two attached hydrogens (primary N) is 1. The number of nitrogens with zero attached hydrogens (tertiary/aromatic N) is 2. The van der Waals surface area contributed by atoms with E-state index in [1.165, 1.54) is 0 Å². The molecule has 0 saturated heterocycles. The van der Waals surface area contributed by atoms with Gasteiger partial charge < -0.3 is 5.73 Å². The lowest BCUT2D eigenvalue weighted by Crippen LogP contribution is -2.35. The maximum absolute atomic E-state index is 13.0. The molecule has 0 radical (unpaired) electrons. The van der Waals surface area contributed by atoms with Crippen LogP contribution in [0.25, 0.3) is 0 Å². The predicted octanol–water partition coefficient (Wildman–Crippen LogP) is 2.83. The quantitative estimate of drug-likeness (QED) is 0.944. The monoisotopic (exact) mass is 311 g/mol. The molecule has 1 aliphatic heterocycles. The Hall–Kier alpha value is -1.94. The molecule has 2 aromatic rings. The Morgan fingerprint density at radius 3 is 2.65 bits per heavy atom. The minimum Gasteiger partial charge on any atom is -0.322 e. The maximum Gasteiger partial charge on any atom is 0.257 e. The Balaban J connectivity index is 2.12. The van der Waals surface area contributed by atoms with Gasteiger partial charge in [0, 0.05) is 31.0 Å². The van der Waals surface area contributed by atoms with Crippen LogP contribution in [-0.4, -0.2) is 9.55 Å². The first-order valence-corrected chi connectivity index (χ1v) is 8.50. The molecule has 2 N–H and O–H groups in total. The summed E-state index contributed by atoms with van der Waals surface area (Å²) >= 11 is 0. The third-order valence-electron chi connectivity index (χ3n) is 4.66. The van der Waals surface area contributed by atoms with Crippen LogP contribution in [0.1, 0.15) is 55.4 Å². The fraction of sp³-hybridized carbons (Fsp3) is 0.474. The van der Waals surface area contributed by atoms with Crippen LogP contribution in [0.2, 0.25) is 0 Å². The van der Waals surface area contributed by atoms with Gasteiger partial charge in [0.25, 0.3) is 5.56 Å². The predicted molar refractivity (Wildman–Crippen MR) is 92.4 cm³/mol. The average Bonchev–Trinajstić information content (AvgIpc) is 2.57. The van der Waals surface area contributed by atoms with Gasteiger partial charge in [0.2, 0.25) is 0 Å². The van der Waals surface area contributed by atoms with Crippen molar-refractivity contribution in [3.8, 4) is 0 Å². The summed E-state index contributed by atoms with van der Waals surface area (Å²) in [6.07, 6.45) is 3.62. The third-order valence-corrected chi connectivity index (χ3v) is 4.66. The smallest absolute Gasteiger partial charge is 0.257 e. The van der Waals surface area contributed by atoms with Crippen molar-refractivity contribution in [2.24, 2.45) is 11.7 Å². The normalized spacial score (nSPS) is 15.5. The summed E-state index contributed by atoms with van der Waals surface area (Å²) in [4.78, 5) is 17.9. The van der Waals surface area contributed by atoms with Gasteiger partial charge in [0.15, 0.2) is 0 Å². The highest BCUT2D eigenvalue weighted by Gasteiger charge is 2.24. The van der Waals surface area contributed by atoms with Crippen LogP contribution in [0, 0.1) is 5.92 Å². The van der Waals surface area contributed by atoms with Crippen molar-refractivity contribution < 1.29 is 0 Å². The van der Waals surface area contributed by atoms with Crippen LogP contribution in [0.3, 0.4) is 0 Å². The van der Waals surface area contributed by atoms with Crippen LogP contribution in [-0.2, 0) is 19.4 Å². The molecule has 0 fully saturated rings. The molecule has 23 heavy (non-hydrogen) atoms. The van der Waals surface area contributed by atoms with Gasteiger partial charge in [-0.1, -0.05) is 44.2 Å². The molecule has 1 atom stereocenters. The molecule has 0 saturated carbocycles. The molecule has 1 aromatic carbocycles. The molecule has 3 rings (SSSR count). The number of rotatable bonds is 4. The van der Waals surface area contributed by atoms with E-state index in [0.29, 0.717) is 6.42 Å². The number of fused-ring (bicyclic) bond motifs is 1. The second-order valence-electron chi connectivity index (χ2n) is 6.74. The molecule has 4 nitrogen and oxygen atoms in total. The molecule has 1 aromatic heterocycles. The zero-order valence-corrected chi connectivity index (χ0v) is 14.0. The SMILES string of the molecule is CC(C)C(N)c1nc2n(c(=O)c1Cc1ccccc1)CCCC2. The van der Waals surface area contributed by atoms with Gasteiger partial charge in [-0.05, 0) is 24.3 Å². The van der Waals surface area contributed by atoms with E-state index in [1.807, 2.05) is 34.9 Å². The average molecular weight is 311 g/mol. The van der Waals surface area contributed by atoms with E-state index in [0.717, 1.165) is 48.5 Å². The number of aromatic nitrogens is 2. The Labute approximate surface area is 137 Å². The van der Waals surface area contributed by atoms with E-state index in [1.54, 1.807) is 0 Å². The van der Waals surface area contributed by atoms with Crippen molar-refractivity contribution in [3.05, 3.63) is 63.3 Å². The number of hydrogen-bond acceptors (Lipinski definition) is 3. The molecule has 0 aliphatic carbocycles. The highest BCUT2D eigenvalue weighted by molar-refractivity contribution is 5.30. The highest BCUT2D eigenvalue weighted by Crippen LogP contribution is 2.23. The molecule has 0 amide bonds. The first-order chi connectivity index (χ1) is 11.1. The summed E-state index contributed by atoms with van der Waals surface area (Å²) in [5, 5.41) is 0. The van der Waals surface area contributed by atoms with E-state index in [-0.39, 0.29) is 17.5 Å². The Morgan fingerprint density at radius 1 is 1.22 bits per heavy atom. The number of aryl methyl sites for hydroxylation is 1. The fourth-order valence-electron chi connectivity index (χ4n) is 3.19. The van der Waals surface area contributed by atoms with Crippen molar-refractivity contribution in [2.75, 3.05) is 0 Å². The van der Waals surface area contributed by atoms with E-state index in [9.17, 15) is 4.79 Å². The van der Waals surface area contributed by atoms with Gasteiger partial charge >= 0.3 is 0 Å². The van der Waals surface area contributed by atoms with Crippen LogP contribution >= 0.6 is 0 Å². The Bertz CT molecular complexity index is 734. The minimum absolute atomic E-state index is 0.102. The van der Waals surface area contributed by atoms with E-state index in [4.69, 9.17) is 10.7 Å². The van der Waals surface area contributed by atoms with Gasteiger partial charge in [-0.25, -0.2) is 4.98 Å². The highest BCUT2D eigenvalue weighted by atomic mass is 16.1. The molecule has 1 aliphatic rings. The van der Waals surface area contributed by atoms with Gasteiger partial charge in [0.05, 0.1) is 5.69 Å². The lowest BCUT2D eigenvalue weighted by molar-refractivity contribution is 0.459. The number of hydrogen-bond donors (Lipinski definition) is 1. The van der Waals surface area contributed by atoms with Crippen molar-refractivity contribution in [1.82, 2.24) is 9.55 Å². The molecule has 0 spiro atoms. The molecule has 2 heterocycles. The van der Waals surface area contributed by atoms with Gasteiger partial charge in [-0.15, -0.1) is 0 Å². The summed E-state index contributed by atoms with van der Waals surface area (Å²) in [6, 6.07) is 9.89. The van der Waals surface area contributed by atoms with Gasteiger partial charge in [-0.3, -0.25) is 9.36 Å². The van der Waals surface area contributed by atoms with Crippen molar-refractivity contribution in [2.45, 2.75) is 52.1 Å².